The van der Waals surface area contributed by atoms with Crippen molar-refractivity contribution in [3.63, 3.8) is 0 Å². The number of hydrogen-bond donors (Lipinski definition) is 1. The highest BCUT2D eigenvalue weighted by Crippen LogP contribution is 2.27. The van der Waals surface area contributed by atoms with Crippen LogP contribution in [0.5, 0.6) is 5.75 Å². The van der Waals surface area contributed by atoms with Gasteiger partial charge in [-0.25, -0.2) is 4.39 Å². The van der Waals surface area contributed by atoms with Crippen LogP contribution in [0.1, 0.15) is 9.67 Å². The predicted octanol–water partition coefficient (Wildman–Crippen LogP) is 2.32. The smallest absolute Gasteiger partial charge is 0.369 e. The van der Waals surface area contributed by atoms with E-state index in [4.69, 9.17) is 4.18 Å². The van der Waals surface area contributed by atoms with E-state index in [9.17, 15) is 17.6 Å². The van der Waals surface area contributed by atoms with Gasteiger partial charge in [-0.2, -0.15) is 12.7 Å². The Labute approximate surface area is 131 Å². The molecule has 0 bridgehead atoms. The van der Waals surface area contributed by atoms with E-state index in [1.54, 1.807) is 5.38 Å². The molecule has 0 aliphatic carbocycles. The van der Waals surface area contributed by atoms with Gasteiger partial charge in [0.15, 0.2) is 5.75 Å². The summed E-state index contributed by atoms with van der Waals surface area (Å²) in [7, 11) is -1.31. The van der Waals surface area contributed by atoms with E-state index in [1.165, 1.54) is 44.4 Å². The molecule has 0 fully saturated rings. The Hall–Kier alpha value is -1.97. The van der Waals surface area contributed by atoms with E-state index < -0.39 is 22.0 Å². The number of benzene rings is 1. The molecule has 0 saturated carbocycles. The molecule has 0 radical (unpaired) electrons. The van der Waals surface area contributed by atoms with Gasteiger partial charge in [0.05, 0.1) is 0 Å². The first-order valence-electron chi connectivity index (χ1n) is 6.06. The molecule has 1 amide bonds. The van der Waals surface area contributed by atoms with Crippen molar-refractivity contribution in [1.82, 2.24) is 4.31 Å². The Morgan fingerprint density at radius 2 is 1.86 bits per heavy atom. The molecule has 0 saturated heterocycles. The third kappa shape index (κ3) is 3.81. The fraction of sp³-hybridized carbons (Fsp3) is 0.154. The van der Waals surface area contributed by atoms with E-state index in [0.717, 1.165) is 15.6 Å². The number of carbonyl (C=O) groups is 1. The van der Waals surface area contributed by atoms with Crippen molar-refractivity contribution >= 4 is 33.2 Å². The lowest BCUT2D eigenvalue weighted by Crippen LogP contribution is -2.27. The minimum absolute atomic E-state index is 0.0571. The van der Waals surface area contributed by atoms with Crippen LogP contribution in [-0.2, 0) is 10.3 Å². The summed E-state index contributed by atoms with van der Waals surface area (Å²) in [5, 5.41) is 4.09. The second kappa shape index (κ2) is 6.42. The van der Waals surface area contributed by atoms with Crippen LogP contribution < -0.4 is 9.50 Å². The fourth-order valence-corrected chi connectivity index (χ4v) is 2.72. The second-order valence-corrected chi connectivity index (χ2v) is 7.07. The van der Waals surface area contributed by atoms with Crippen molar-refractivity contribution in [3.8, 4) is 5.75 Å². The summed E-state index contributed by atoms with van der Waals surface area (Å²) < 4.78 is 42.0. The van der Waals surface area contributed by atoms with E-state index in [1.807, 2.05) is 0 Å². The minimum Gasteiger partial charge on any atom is -0.369 e. The Morgan fingerprint density at radius 3 is 2.45 bits per heavy atom. The minimum atomic E-state index is -3.95. The van der Waals surface area contributed by atoms with Crippen LogP contribution in [0.4, 0.5) is 10.1 Å². The number of rotatable bonds is 5. The summed E-state index contributed by atoms with van der Waals surface area (Å²) in [6, 6.07) is 6.61. The molecule has 6 nitrogen and oxygen atoms in total. The number of nitrogens with one attached hydrogen (secondary N) is 1. The lowest BCUT2D eigenvalue weighted by Gasteiger charge is -2.12. The Bertz CT molecular complexity index is 770. The predicted molar refractivity (Wildman–Crippen MR) is 81.9 cm³/mol. The molecular weight excluding hydrogens is 331 g/mol. The molecule has 0 aliphatic rings. The molecule has 22 heavy (non-hydrogen) atoms. The summed E-state index contributed by atoms with van der Waals surface area (Å²) >= 11 is 1.04. The van der Waals surface area contributed by atoms with Crippen LogP contribution in [0.25, 0.3) is 0 Å². The molecule has 1 heterocycles. The van der Waals surface area contributed by atoms with Crippen LogP contribution in [0.15, 0.2) is 35.7 Å². The summed E-state index contributed by atoms with van der Waals surface area (Å²) in [6.07, 6.45) is 0. The van der Waals surface area contributed by atoms with Crippen molar-refractivity contribution < 1.29 is 21.8 Å². The van der Waals surface area contributed by atoms with Gasteiger partial charge in [0.1, 0.15) is 10.7 Å². The van der Waals surface area contributed by atoms with E-state index in [2.05, 4.69) is 5.32 Å². The Kier molecular flexibility index (Phi) is 4.79. The monoisotopic (exact) mass is 344 g/mol. The lowest BCUT2D eigenvalue weighted by atomic mass is 10.3. The van der Waals surface area contributed by atoms with Gasteiger partial charge >= 0.3 is 10.3 Å². The maximum atomic E-state index is 12.8. The van der Waals surface area contributed by atoms with Crippen molar-refractivity contribution in [2.45, 2.75) is 0 Å². The molecule has 118 valence electrons. The third-order valence-corrected chi connectivity index (χ3v) is 4.76. The number of nitrogens with zero attached hydrogens (tertiary/aromatic N) is 1. The molecule has 1 N–H and O–H groups in total. The average Bonchev–Trinajstić information content (AvgIpc) is 2.88. The molecule has 0 atom stereocenters. The third-order valence-electron chi connectivity index (χ3n) is 2.58. The summed E-state index contributed by atoms with van der Waals surface area (Å²) in [6.45, 7) is 0. The highest BCUT2D eigenvalue weighted by Gasteiger charge is 2.22. The molecule has 0 spiro atoms. The number of anilines is 1. The van der Waals surface area contributed by atoms with Crippen LogP contribution in [0.2, 0.25) is 0 Å². The zero-order valence-electron chi connectivity index (χ0n) is 11.7. The zero-order valence-corrected chi connectivity index (χ0v) is 13.4. The topological polar surface area (TPSA) is 75.7 Å². The van der Waals surface area contributed by atoms with Crippen LogP contribution >= 0.6 is 11.3 Å². The van der Waals surface area contributed by atoms with Gasteiger partial charge in [-0.1, -0.05) is 0 Å². The van der Waals surface area contributed by atoms with E-state index >= 15 is 0 Å². The number of hydrogen-bond acceptors (Lipinski definition) is 5. The van der Waals surface area contributed by atoms with Crippen molar-refractivity contribution in [2.24, 2.45) is 0 Å². The molecule has 2 aromatic rings. The molecule has 0 aliphatic heterocycles. The molecule has 0 unspecified atom stereocenters. The quantitative estimate of drug-likeness (QED) is 0.903. The van der Waals surface area contributed by atoms with E-state index in [0.29, 0.717) is 5.69 Å². The molecular formula is C13H13FN2O4S2. The first kappa shape index (κ1) is 16.4. The summed E-state index contributed by atoms with van der Waals surface area (Å²) in [5.74, 6) is -1.01. The van der Waals surface area contributed by atoms with Crippen molar-refractivity contribution in [3.05, 3.63) is 46.4 Å². The Morgan fingerprint density at radius 1 is 1.23 bits per heavy atom. The number of thiophene rings is 1. The van der Waals surface area contributed by atoms with Crippen LogP contribution in [0, 0.1) is 5.82 Å². The maximum absolute atomic E-state index is 12.8. The largest absolute Gasteiger partial charge is 0.384 e. The fourth-order valence-electron chi connectivity index (χ4n) is 1.44. The first-order chi connectivity index (χ1) is 10.3. The van der Waals surface area contributed by atoms with Crippen LogP contribution in [-0.4, -0.2) is 32.7 Å². The highest BCUT2D eigenvalue weighted by molar-refractivity contribution is 7.84. The average molecular weight is 344 g/mol. The summed E-state index contributed by atoms with van der Waals surface area (Å²) in [5.41, 5.74) is 0.390. The van der Waals surface area contributed by atoms with Gasteiger partial charge < -0.3 is 9.50 Å². The Balaban J connectivity index is 2.18. The first-order valence-corrected chi connectivity index (χ1v) is 8.30. The van der Waals surface area contributed by atoms with Gasteiger partial charge in [-0.05, 0) is 35.7 Å². The maximum Gasteiger partial charge on any atom is 0.384 e. The standard InChI is InChI=1S/C13H13FN2O4S2/c1-16(2)22(18,19)20-11-7-8-21-12(11)13(17)15-10-5-3-9(14)4-6-10/h3-8H,1-2H3,(H,15,17). The van der Waals surface area contributed by atoms with Crippen molar-refractivity contribution in [1.29, 1.82) is 0 Å². The highest BCUT2D eigenvalue weighted by atomic mass is 32.2. The van der Waals surface area contributed by atoms with Gasteiger partial charge in [0.25, 0.3) is 5.91 Å². The number of amides is 1. The normalized spacial score (nSPS) is 11.5. The SMILES string of the molecule is CN(C)S(=O)(=O)Oc1ccsc1C(=O)Nc1ccc(F)cc1. The van der Waals surface area contributed by atoms with Gasteiger partial charge in [0, 0.05) is 19.8 Å². The van der Waals surface area contributed by atoms with Crippen molar-refractivity contribution in [2.75, 3.05) is 19.4 Å². The molecule has 1 aromatic heterocycles. The van der Waals surface area contributed by atoms with Gasteiger partial charge in [-0.3, -0.25) is 4.79 Å². The van der Waals surface area contributed by atoms with E-state index in [-0.39, 0.29) is 10.6 Å². The molecule has 2 rings (SSSR count). The van der Waals surface area contributed by atoms with Crippen LogP contribution in [0.3, 0.4) is 0 Å². The van der Waals surface area contributed by atoms with Gasteiger partial charge in [0.2, 0.25) is 0 Å². The van der Waals surface area contributed by atoms with Gasteiger partial charge in [-0.15, -0.1) is 11.3 Å². The second-order valence-electron chi connectivity index (χ2n) is 4.40. The zero-order chi connectivity index (χ0) is 16.3. The molecule has 1 aromatic carbocycles. The summed E-state index contributed by atoms with van der Waals surface area (Å²) in [4.78, 5) is 12.3. The molecule has 9 heteroatoms. The lowest BCUT2D eigenvalue weighted by molar-refractivity contribution is 0.102. The number of carbonyl (C=O) groups excluding carboxylic acids is 1. The number of halogens is 1.